The fraction of sp³-hybridized carbons (Fsp3) is 0.609. The second-order valence-electron chi connectivity index (χ2n) is 8.16. The van der Waals surface area contributed by atoms with Gasteiger partial charge < -0.3 is 44.2 Å². The molecule has 0 radical (unpaired) electrons. The molecular formula is C23H32O10. The number of hydrogen-bond donors (Lipinski definition) is 5. The quantitative estimate of drug-likeness (QED) is 0.241. The molecule has 0 aliphatic carbocycles. The van der Waals surface area contributed by atoms with Gasteiger partial charge in [0.25, 0.3) is 0 Å². The minimum Gasteiger partial charge on any atom is -0.499 e. The van der Waals surface area contributed by atoms with Gasteiger partial charge in [0.2, 0.25) is 12.0 Å². The molecular weight excluding hydrogens is 436 g/mol. The average Bonchev–Trinajstić information content (AvgIpc) is 2.81. The average molecular weight is 468 g/mol. The molecule has 33 heavy (non-hydrogen) atoms. The molecule has 0 saturated carbocycles. The van der Waals surface area contributed by atoms with Crippen molar-refractivity contribution in [1.82, 2.24) is 0 Å². The summed E-state index contributed by atoms with van der Waals surface area (Å²) in [5, 5.41) is 49.7. The van der Waals surface area contributed by atoms with E-state index in [9.17, 15) is 30.3 Å². The fourth-order valence-electron chi connectivity index (χ4n) is 3.72. The summed E-state index contributed by atoms with van der Waals surface area (Å²) in [6, 6.07) is 4.37. The third-order valence-electron chi connectivity index (χ3n) is 5.65. The predicted octanol–water partition coefficient (Wildman–Crippen LogP) is 1.42. The van der Waals surface area contributed by atoms with E-state index in [0.717, 1.165) is 32.1 Å². The Bertz CT molecular complexity index is 956. The summed E-state index contributed by atoms with van der Waals surface area (Å²) in [4.78, 5) is 12.1. The number of benzene rings is 1. The molecule has 1 fully saturated rings. The molecule has 1 aliphatic heterocycles. The fourth-order valence-corrected chi connectivity index (χ4v) is 3.72. The Morgan fingerprint density at radius 1 is 1.00 bits per heavy atom. The van der Waals surface area contributed by atoms with Crippen LogP contribution in [0.1, 0.15) is 45.4 Å². The Hall–Kier alpha value is -2.37. The van der Waals surface area contributed by atoms with Gasteiger partial charge in [-0.1, -0.05) is 39.0 Å². The number of unbranched alkanes of at least 4 members (excludes halogenated alkanes) is 5. The lowest BCUT2D eigenvalue weighted by Gasteiger charge is -2.39. The van der Waals surface area contributed by atoms with Gasteiger partial charge in [-0.25, -0.2) is 4.79 Å². The molecule has 5 atom stereocenters. The summed E-state index contributed by atoms with van der Waals surface area (Å²) in [5.41, 5.74) is -0.886. The number of hydrogen-bond acceptors (Lipinski definition) is 10. The number of ether oxygens (including phenoxy) is 3. The summed E-state index contributed by atoms with van der Waals surface area (Å²) in [5.74, 6) is -0.465. The van der Waals surface area contributed by atoms with Crippen molar-refractivity contribution in [2.45, 2.75) is 76.2 Å². The van der Waals surface area contributed by atoms with Crippen LogP contribution >= 0.6 is 0 Å². The van der Waals surface area contributed by atoms with Gasteiger partial charge in [0.15, 0.2) is 5.75 Å². The van der Waals surface area contributed by atoms with E-state index in [0.29, 0.717) is 12.0 Å². The Kier molecular flexibility index (Phi) is 8.93. The second kappa shape index (κ2) is 11.7. The van der Waals surface area contributed by atoms with Crippen molar-refractivity contribution in [2.75, 3.05) is 13.2 Å². The van der Waals surface area contributed by atoms with Crippen LogP contribution in [0.25, 0.3) is 11.0 Å². The zero-order chi connectivity index (χ0) is 24.0. The van der Waals surface area contributed by atoms with E-state index in [4.69, 9.17) is 18.6 Å². The smallest absolute Gasteiger partial charge is 0.382 e. The molecule has 0 amide bonds. The molecule has 5 N–H and O–H groups in total. The van der Waals surface area contributed by atoms with Gasteiger partial charge in [-0.05, 0) is 18.6 Å². The van der Waals surface area contributed by atoms with Crippen molar-refractivity contribution in [2.24, 2.45) is 0 Å². The van der Waals surface area contributed by atoms with E-state index < -0.39 is 48.7 Å². The molecule has 2 heterocycles. The maximum Gasteiger partial charge on any atom is 0.382 e. The minimum atomic E-state index is -1.58. The van der Waals surface area contributed by atoms with Crippen LogP contribution in [-0.2, 0) is 4.74 Å². The summed E-state index contributed by atoms with van der Waals surface area (Å²) in [6.07, 6.45) is -0.793. The molecule has 0 unspecified atom stereocenters. The highest BCUT2D eigenvalue weighted by Crippen LogP contribution is 2.35. The summed E-state index contributed by atoms with van der Waals surface area (Å²) in [7, 11) is 0. The van der Waals surface area contributed by atoms with Gasteiger partial charge in [-0.2, -0.15) is 0 Å². The van der Waals surface area contributed by atoms with Crippen molar-refractivity contribution in [1.29, 1.82) is 0 Å². The molecule has 2 aromatic rings. The van der Waals surface area contributed by atoms with E-state index in [2.05, 4.69) is 6.92 Å². The van der Waals surface area contributed by atoms with E-state index in [1.807, 2.05) is 0 Å². The molecule has 10 heteroatoms. The topological polar surface area (TPSA) is 159 Å². The zero-order valence-corrected chi connectivity index (χ0v) is 18.6. The van der Waals surface area contributed by atoms with Crippen LogP contribution in [0, 0.1) is 0 Å². The van der Waals surface area contributed by atoms with Crippen LogP contribution in [0.5, 0.6) is 17.2 Å². The van der Waals surface area contributed by atoms with Gasteiger partial charge in [0, 0.05) is 6.07 Å². The largest absolute Gasteiger partial charge is 0.499 e. The third kappa shape index (κ3) is 5.96. The monoisotopic (exact) mass is 468 g/mol. The first-order valence-electron chi connectivity index (χ1n) is 11.3. The first-order chi connectivity index (χ1) is 15.9. The normalized spacial score (nSPS) is 25.3. The lowest BCUT2D eigenvalue weighted by atomic mass is 9.99. The summed E-state index contributed by atoms with van der Waals surface area (Å²) in [6.45, 7) is 1.90. The summed E-state index contributed by atoms with van der Waals surface area (Å²) >= 11 is 0. The minimum absolute atomic E-state index is 0.0224. The number of fused-ring (bicyclic) bond motifs is 1. The molecule has 184 valence electrons. The number of aromatic hydroxyl groups is 1. The number of aliphatic hydroxyl groups is 4. The van der Waals surface area contributed by atoms with Crippen molar-refractivity contribution in [3.05, 3.63) is 28.6 Å². The van der Waals surface area contributed by atoms with E-state index >= 15 is 0 Å². The molecule has 0 bridgehead atoms. The number of rotatable bonds is 11. The molecule has 1 saturated heterocycles. The van der Waals surface area contributed by atoms with Gasteiger partial charge >= 0.3 is 5.63 Å². The highest BCUT2D eigenvalue weighted by Gasteiger charge is 2.44. The maximum absolute atomic E-state index is 12.1. The van der Waals surface area contributed by atoms with Crippen LogP contribution in [0.15, 0.2) is 27.4 Å². The third-order valence-corrected chi connectivity index (χ3v) is 5.65. The number of aliphatic hydroxyl groups excluding tert-OH is 4. The Labute approximate surface area is 190 Å². The van der Waals surface area contributed by atoms with Crippen molar-refractivity contribution in [3.63, 3.8) is 0 Å². The molecule has 10 nitrogen and oxygen atoms in total. The lowest BCUT2D eigenvalue weighted by Crippen LogP contribution is -2.60. The van der Waals surface area contributed by atoms with Gasteiger partial charge in [0.1, 0.15) is 35.7 Å². The van der Waals surface area contributed by atoms with Gasteiger partial charge in [-0.3, -0.25) is 0 Å². The second-order valence-corrected chi connectivity index (χ2v) is 8.16. The summed E-state index contributed by atoms with van der Waals surface area (Å²) < 4.78 is 21.7. The highest BCUT2D eigenvalue weighted by atomic mass is 16.7. The first kappa shape index (κ1) is 25.3. The van der Waals surface area contributed by atoms with Gasteiger partial charge in [0.05, 0.1) is 18.6 Å². The Morgan fingerprint density at radius 2 is 1.73 bits per heavy atom. The van der Waals surface area contributed by atoms with Crippen molar-refractivity contribution in [3.8, 4) is 17.2 Å². The molecule has 0 spiro atoms. The molecule has 3 rings (SSSR count). The van der Waals surface area contributed by atoms with Crippen LogP contribution < -0.4 is 15.1 Å². The highest BCUT2D eigenvalue weighted by molar-refractivity contribution is 5.86. The van der Waals surface area contributed by atoms with Crippen molar-refractivity contribution < 1.29 is 44.2 Å². The van der Waals surface area contributed by atoms with E-state index in [1.165, 1.54) is 24.6 Å². The van der Waals surface area contributed by atoms with Crippen LogP contribution in [0.3, 0.4) is 0 Å². The first-order valence-corrected chi connectivity index (χ1v) is 11.3. The van der Waals surface area contributed by atoms with Crippen molar-refractivity contribution >= 4 is 11.0 Å². The SMILES string of the molecule is CCCCCCCCOc1c(O)c(=O)oc2cc(O[C@H]3O[C@H](CO)[C@@H](O)[C@H](O)[C@@H]3O)ccc12. The predicted molar refractivity (Wildman–Crippen MR) is 117 cm³/mol. The maximum atomic E-state index is 12.1. The molecule has 1 aromatic carbocycles. The van der Waals surface area contributed by atoms with Crippen LogP contribution in [-0.4, -0.2) is 69.5 Å². The Morgan fingerprint density at radius 3 is 2.45 bits per heavy atom. The zero-order valence-electron chi connectivity index (χ0n) is 18.6. The van der Waals surface area contributed by atoms with Gasteiger partial charge in [-0.15, -0.1) is 0 Å². The molecule has 1 aliphatic rings. The van der Waals surface area contributed by atoms with Crippen LogP contribution in [0.2, 0.25) is 0 Å². The van der Waals surface area contributed by atoms with E-state index in [-0.39, 0.29) is 17.1 Å². The lowest BCUT2D eigenvalue weighted by molar-refractivity contribution is -0.277. The van der Waals surface area contributed by atoms with E-state index in [1.54, 1.807) is 0 Å². The Balaban J connectivity index is 1.73. The molecule has 1 aromatic heterocycles. The standard InChI is InChI=1S/C23H32O10/c1-2-3-4-5-6-7-10-30-21-14-9-8-13(11-15(14)32-22(29)20(21)28)31-23-19(27)18(26)17(25)16(12-24)33-23/h8-9,11,16-19,23-28H,2-7,10,12H2,1H3/t16-,17-,18+,19+,23+/m1/s1. The van der Waals surface area contributed by atoms with Crippen LogP contribution in [0.4, 0.5) is 0 Å².